The molecule has 33 heavy (non-hydrogen) atoms. The van der Waals surface area contributed by atoms with Crippen LogP contribution in [-0.4, -0.2) is 30.8 Å². The third kappa shape index (κ3) is 4.27. The zero-order chi connectivity index (χ0) is 23.5. The van der Waals surface area contributed by atoms with Gasteiger partial charge in [-0.05, 0) is 41.5 Å². The minimum absolute atomic E-state index is 0.130. The van der Waals surface area contributed by atoms with Crippen LogP contribution >= 0.6 is 11.6 Å². The fraction of sp³-hybridized carbons (Fsp3) is 0.160. The van der Waals surface area contributed by atoms with Crippen LogP contribution < -0.4 is 19.6 Å². The molecule has 1 saturated heterocycles. The Morgan fingerprint density at radius 1 is 1.06 bits per heavy atom. The predicted molar refractivity (Wildman–Crippen MR) is 119 cm³/mol. The van der Waals surface area contributed by atoms with E-state index in [4.69, 9.17) is 21.1 Å². The molecule has 3 aromatic rings. The maximum absolute atomic E-state index is 13.6. The summed E-state index contributed by atoms with van der Waals surface area (Å²) in [6, 6.07) is 14.2. The smallest absolute Gasteiger partial charge is 0.295 e. The minimum Gasteiger partial charge on any atom is -0.872 e. The van der Waals surface area contributed by atoms with E-state index >= 15 is 0 Å². The Balaban J connectivity index is 1.88. The molecule has 7 nitrogen and oxygen atoms in total. The summed E-state index contributed by atoms with van der Waals surface area (Å²) in [5.41, 5.74) is 1.44. The Morgan fingerprint density at radius 2 is 1.85 bits per heavy atom. The summed E-state index contributed by atoms with van der Waals surface area (Å²) in [6.07, 6.45) is 3.48. The number of nitrogens with one attached hydrogen (secondary N) is 1. The molecule has 1 aliphatic rings. The number of ketones is 1. The summed E-state index contributed by atoms with van der Waals surface area (Å²) < 4.78 is 10.5. The van der Waals surface area contributed by atoms with Crippen molar-refractivity contribution in [2.24, 2.45) is 0 Å². The molecule has 1 aromatic heterocycles. The third-order valence-corrected chi connectivity index (χ3v) is 5.70. The number of H-pyrrole nitrogens is 1. The van der Waals surface area contributed by atoms with Crippen LogP contribution in [-0.2, 0) is 16.1 Å². The topological polar surface area (TPSA) is 93.0 Å². The van der Waals surface area contributed by atoms with E-state index in [1.165, 1.54) is 31.3 Å². The quantitative estimate of drug-likeness (QED) is 0.317. The second-order valence-corrected chi connectivity index (χ2v) is 7.88. The lowest BCUT2D eigenvalue weighted by molar-refractivity contribution is -0.378. The molecule has 2 heterocycles. The standard InChI is InChI=1S/C25H21ClN2O5/c1-32-19-9-8-17(12-20(19)33-2)23(29)21-22(16-6-3-7-18(26)11-16)28(25(31)24(21)30)14-15-5-4-10-27-13-15/h3-13,22,29H,14H2,1-2H3. The molecule has 1 aliphatic heterocycles. The van der Waals surface area contributed by atoms with E-state index in [0.717, 1.165) is 5.56 Å². The van der Waals surface area contributed by atoms with E-state index < -0.39 is 23.5 Å². The van der Waals surface area contributed by atoms with Gasteiger partial charge in [0, 0.05) is 22.2 Å². The molecular formula is C25H21ClN2O5. The van der Waals surface area contributed by atoms with Gasteiger partial charge < -0.3 is 19.5 Å². The van der Waals surface area contributed by atoms with Gasteiger partial charge >= 0.3 is 0 Å². The van der Waals surface area contributed by atoms with Crippen molar-refractivity contribution in [3.8, 4) is 11.5 Å². The Hall–Kier alpha value is -3.84. The van der Waals surface area contributed by atoms with Gasteiger partial charge in [0.2, 0.25) is 5.78 Å². The van der Waals surface area contributed by atoms with Crippen molar-refractivity contribution in [3.05, 3.63) is 94.3 Å². The van der Waals surface area contributed by atoms with E-state index in [1.807, 2.05) is 6.07 Å². The number of methoxy groups -OCH3 is 2. The van der Waals surface area contributed by atoms with E-state index in [-0.39, 0.29) is 17.7 Å². The van der Waals surface area contributed by atoms with Gasteiger partial charge in [-0.15, -0.1) is 0 Å². The van der Waals surface area contributed by atoms with Gasteiger partial charge in [-0.3, -0.25) is 9.59 Å². The van der Waals surface area contributed by atoms with E-state index in [9.17, 15) is 14.7 Å². The van der Waals surface area contributed by atoms with Gasteiger partial charge in [0.25, 0.3) is 5.91 Å². The highest BCUT2D eigenvalue weighted by atomic mass is 35.5. The molecule has 1 N–H and O–H groups in total. The zero-order valence-corrected chi connectivity index (χ0v) is 18.8. The van der Waals surface area contributed by atoms with Crippen LogP contribution in [0.3, 0.4) is 0 Å². The van der Waals surface area contributed by atoms with Crippen LogP contribution in [0.4, 0.5) is 0 Å². The Kier molecular flexibility index (Phi) is 6.33. The van der Waals surface area contributed by atoms with Crippen LogP contribution in [0.2, 0.25) is 5.02 Å². The number of carbonyl (C=O) groups excluding carboxylic acids is 2. The van der Waals surface area contributed by atoms with Crippen molar-refractivity contribution < 1.29 is 29.2 Å². The van der Waals surface area contributed by atoms with Crippen LogP contribution in [0.15, 0.2) is 72.6 Å². The zero-order valence-electron chi connectivity index (χ0n) is 18.0. The predicted octanol–water partition coefficient (Wildman–Crippen LogP) is 2.60. The maximum Gasteiger partial charge on any atom is 0.295 e. The van der Waals surface area contributed by atoms with E-state index in [1.54, 1.807) is 48.8 Å². The van der Waals surface area contributed by atoms with Gasteiger partial charge in [0.15, 0.2) is 23.9 Å². The van der Waals surface area contributed by atoms with Crippen molar-refractivity contribution in [2.75, 3.05) is 14.2 Å². The number of amides is 1. The molecule has 168 valence electrons. The highest BCUT2D eigenvalue weighted by Gasteiger charge is 2.44. The SMILES string of the molecule is COc1ccc(C([O-])=C2C(=O)C(=O)N(Cc3ccc[nH+]c3)C2c2cccc(Cl)c2)cc1OC. The normalized spacial score (nSPS) is 17.3. The summed E-state index contributed by atoms with van der Waals surface area (Å²) in [7, 11) is 2.94. The first-order valence-corrected chi connectivity index (χ1v) is 10.5. The Morgan fingerprint density at radius 3 is 2.52 bits per heavy atom. The number of hydrogen-bond acceptors (Lipinski definition) is 5. The van der Waals surface area contributed by atoms with E-state index in [2.05, 4.69) is 4.98 Å². The molecule has 4 rings (SSSR count). The van der Waals surface area contributed by atoms with Gasteiger partial charge in [-0.1, -0.05) is 35.6 Å². The van der Waals surface area contributed by atoms with Crippen molar-refractivity contribution in [1.29, 1.82) is 0 Å². The van der Waals surface area contributed by atoms with Crippen LogP contribution in [0.5, 0.6) is 11.5 Å². The lowest BCUT2D eigenvalue weighted by Crippen LogP contribution is -2.29. The average Bonchev–Trinajstić information content (AvgIpc) is 3.08. The average molecular weight is 465 g/mol. The summed E-state index contributed by atoms with van der Waals surface area (Å²) >= 11 is 6.20. The van der Waals surface area contributed by atoms with Crippen LogP contribution in [0.1, 0.15) is 22.7 Å². The van der Waals surface area contributed by atoms with Crippen LogP contribution in [0, 0.1) is 0 Å². The maximum atomic E-state index is 13.6. The lowest BCUT2D eigenvalue weighted by atomic mass is 9.95. The molecule has 0 spiro atoms. The number of halogens is 1. The highest BCUT2D eigenvalue weighted by Crippen LogP contribution is 2.41. The molecule has 1 amide bonds. The van der Waals surface area contributed by atoms with Gasteiger partial charge in [0.1, 0.15) is 0 Å². The number of rotatable bonds is 6. The number of hydrogen-bond donors (Lipinski definition) is 0. The Labute approximate surface area is 195 Å². The monoisotopic (exact) mass is 464 g/mol. The van der Waals surface area contributed by atoms with Gasteiger partial charge in [0.05, 0.1) is 26.8 Å². The molecule has 0 radical (unpaired) electrons. The third-order valence-electron chi connectivity index (χ3n) is 5.46. The number of ether oxygens (including phenoxy) is 2. The number of nitrogens with zero attached hydrogens (tertiary/aromatic N) is 1. The van der Waals surface area contributed by atoms with Crippen molar-refractivity contribution in [2.45, 2.75) is 12.6 Å². The molecule has 1 unspecified atom stereocenters. The molecule has 8 heteroatoms. The minimum atomic E-state index is -0.885. The first kappa shape index (κ1) is 22.4. The number of pyridine rings is 1. The first-order valence-electron chi connectivity index (χ1n) is 10.1. The summed E-state index contributed by atoms with van der Waals surface area (Å²) in [4.78, 5) is 30.5. The highest BCUT2D eigenvalue weighted by molar-refractivity contribution is 6.46. The summed E-state index contributed by atoms with van der Waals surface area (Å²) in [5.74, 6) is -1.34. The number of aromatic nitrogens is 1. The fourth-order valence-electron chi connectivity index (χ4n) is 3.92. The molecule has 1 fully saturated rings. The van der Waals surface area contributed by atoms with Gasteiger partial charge in [-0.25, -0.2) is 4.98 Å². The molecule has 1 atom stereocenters. The van der Waals surface area contributed by atoms with Crippen molar-refractivity contribution in [3.63, 3.8) is 0 Å². The number of carbonyl (C=O) groups is 2. The number of Topliss-reactive ketones (excluding diaryl/α,β-unsaturated/α-hetero) is 1. The summed E-state index contributed by atoms with van der Waals surface area (Å²) in [5, 5.41) is 14.0. The fourth-order valence-corrected chi connectivity index (χ4v) is 4.11. The Bertz CT molecular complexity index is 1240. The molecule has 0 saturated carbocycles. The summed E-state index contributed by atoms with van der Waals surface area (Å²) in [6.45, 7) is 0.141. The van der Waals surface area contributed by atoms with Crippen LogP contribution in [0.25, 0.3) is 5.76 Å². The second kappa shape index (κ2) is 9.34. The number of benzene rings is 2. The molecule has 0 aliphatic carbocycles. The number of aromatic amines is 1. The largest absolute Gasteiger partial charge is 0.872 e. The van der Waals surface area contributed by atoms with Crippen molar-refractivity contribution in [1.82, 2.24) is 4.90 Å². The van der Waals surface area contributed by atoms with Gasteiger partial charge in [-0.2, -0.15) is 0 Å². The van der Waals surface area contributed by atoms with E-state index in [0.29, 0.717) is 22.1 Å². The first-order chi connectivity index (χ1) is 15.9. The second-order valence-electron chi connectivity index (χ2n) is 7.44. The number of likely N-dealkylation sites (tertiary alicyclic amines) is 1. The molecule has 2 aromatic carbocycles. The molecule has 0 bridgehead atoms. The van der Waals surface area contributed by atoms with Crippen molar-refractivity contribution >= 4 is 29.1 Å². The lowest BCUT2D eigenvalue weighted by Gasteiger charge is -2.27. The molecular weight excluding hydrogens is 444 g/mol.